The van der Waals surface area contributed by atoms with E-state index in [1.807, 2.05) is 23.9 Å². The third-order valence-corrected chi connectivity index (χ3v) is 3.49. The summed E-state index contributed by atoms with van der Waals surface area (Å²) in [4.78, 5) is 0. The summed E-state index contributed by atoms with van der Waals surface area (Å²) in [5, 5.41) is 8.99. The number of hydrogen-bond acceptors (Lipinski definition) is 3. The van der Waals surface area contributed by atoms with Crippen molar-refractivity contribution in [2.45, 2.75) is 44.1 Å². The Kier molecular flexibility index (Phi) is 5.34. The Morgan fingerprint density at radius 3 is 2.80 bits per heavy atom. The molecule has 0 aliphatic carbocycles. The number of furan rings is 1. The van der Waals surface area contributed by atoms with Gasteiger partial charge in [-0.1, -0.05) is 13.8 Å². The quantitative estimate of drug-likeness (QED) is 0.736. The van der Waals surface area contributed by atoms with E-state index in [2.05, 4.69) is 19.9 Å². The predicted octanol–water partition coefficient (Wildman–Crippen LogP) is 3.77. The molecule has 0 fully saturated rings. The van der Waals surface area contributed by atoms with Crippen LogP contribution in [0.3, 0.4) is 0 Å². The Balaban J connectivity index is 2.27. The highest BCUT2D eigenvalue weighted by Crippen LogP contribution is 2.22. The van der Waals surface area contributed by atoms with Crippen molar-refractivity contribution in [1.82, 2.24) is 0 Å². The molecular formula is C12H17NOS. The fourth-order valence-electron chi connectivity index (χ4n) is 1.27. The van der Waals surface area contributed by atoms with E-state index in [1.165, 1.54) is 0 Å². The highest BCUT2D eigenvalue weighted by molar-refractivity contribution is 7.99. The average molecular weight is 223 g/mol. The molecule has 2 nitrogen and oxygen atoms in total. The number of nitrogens with zero attached hydrogens (tertiary/aromatic N) is 1. The van der Waals surface area contributed by atoms with Crippen molar-refractivity contribution < 1.29 is 4.42 Å². The normalized spacial score (nSPS) is 12.3. The summed E-state index contributed by atoms with van der Waals surface area (Å²) < 4.78 is 5.60. The van der Waals surface area contributed by atoms with E-state index in [4.69, 9.17) is 9.68 Å². The molecule has 0 radical (unpaired) electrons. The monoisotopic (exact) mass is 223 g/mol. The van der Waals surface area contributed by atoms with Gasteiger partial charge in [-0.2, -0.15) is 17.0 Å². The predicted molar refractivity (Wildman–Crippen MR) is 63.7 cm³/mol. The minimum atomic E-state index is 0.528. The Hall–Kier alpha value is -0.880. The highest BCUT2D eigenvalue weighted by atomic mass is 32.2. The molecule has 82 valence electrons. The Morgan fingerprint density at radius 2 is 2.20 bits per heavy atom. The van der Waals surface area contributed by atoms with Crippen LogP contribution in [-0.4, -0.2) is 5.25 Å². The summed E-state index contributed by atoms with van der Waals surface area (Å²) in [5.41, 5.74) is 0. The number of rotatable bonds is 6. The second kappa shape index (κ2) is 6.58. The van der Waals surface area contributed by atoms with Gasteiger partial charge in [-0.15, -0.1) is 0 Å². The molecule has 0 saturated heterocycles. The molecule has 3 heteroatoms. The van der Waals surface area contributed by atoms with E-state index in [-0.39, 0.29) is 0 Å². The van der Waals surface area contributed by atoms with Crippen LogP contribution in [0.4, 0.5) is 0 Å². The SMILES string of the molecule is CCc1ccc(CSC(C)CCC#N)o1. The summed E-state index contributed by atoms with van der Waals surface area (Å²) in [6.45, 7) is 4.25. The molecular weight excluding hydrogens is 206 g/mol. The van der Waals surface area contributed by atoms with Gasteiger partial charge in [0.25, 0.3) is 0 Å². The first-order chi connectivity index (χ1) is 7.26. The maximum absolute atomic E-state index is 8.46. The van der Waals surface area contributed by atoms with Crippen molar-refractivity contribution >= 4 is 11.8 Å². The molecule has 0 aliphatic rings. The third-order valence-electron chi connectivity index (χ3n) is 2.24. The molecule has 1 unspecified atom stereocenters. The Morgan fingerprint density at radius 1 is 1.47 bits per heavy atom. The van der Waals surface area contributed by atoms with Crippen LogP contribution in [0.25, 0.3) is 0 Å². The molecule has 1 aromatic rings. The molecule has 15 heavy (non-hydrogen) atoms. The van der Waals surface area contributed by atoms with Crippen LogP contribution >= 0.6 is 11.8 Å². The molecule has 1 heterocycles. The molecule has 1 aromatic heterocycles. The minimum absolute atomic E-state index is 0.528. The average Bonchev–Trinajstić information content (AvgIpc) is 2.71. The Labute approximate surface area is 95.7 Å². The molecule has 0 amide bonds. The second-order valence-corrected chi connectivity index (χ2v) is 4.97. The van der Waals surface area contributed by atoms with Crippen molar-refractivity contribution in [2.24, 2.45) is 0 Å². The number of nitriles is 1. The van der Waals surface area contributed by atoms with Gasteiger partial charge in [-0.3, -0.25) is 0 Å². The fraction of sp³-hybridized carbons (Fsp3) is 0.583. The Bertz CT molecular complexity index is 327. The van der Waals surface area contributed by atoms with Crippen molar-refractivity contribution in [3.63, 3.8) is 0 Å². The van der Waals surface area contributed by atoms with Crippen LogP contribution in [-0.2, 0) is 12.2 Å². The van der Waals surface area contributed by atoms with Crippen molar-refractivity contribution in [3.8, 4) is 6.07 Å². The summed E-state index contributed by atoms with van der Waals surface area (Å²) >= 11 is 1.85. The number of thioether (sulfide) groups is 1. The smallest absolute Gasteiger partial charge is 0.114 e. The third kappa shape index (κ3) is 4.44. The zero-order valence-electron chi connectivity index (χ0n) is 9.32. The second-order valence-electron chi connectivity index (χ2n) is 3.54. The lowest BCUT2D eigenvalue weighted by molar-refractivity contribution is 0.485. The summed E-state index contributed by atoms with van der Waals surface area (Å²) in [6.07, 6.45) is 2.56. The molecule has 0 bridgehead atoms. The van der Waals surface area contributed by atoms with Crippen LogP contribution in [0, 0.1) is 11.3 Å². The molecule has 0 aliphatic heterocycles. The molecule has 1 rings (SSSR count). The number of aryl methyl sites for hydroxylation is 1. The lowest BCUT2D eigenvalue weighted by Crippen LogP contribution is -1.95. The maximum atomic E-state index is 8.46. The van der Waals surface area contributed by atoms with E-state index >= 15 is 0 Å². The van der Waals surface area contributed by atoms with Crippen LogP contribution < -0.4 is 0 Å². The molecule has 0 N–H and O–H groups in total. The fourth-order valence-corrected chi connectivity index (χ4v) is 2.15. The lowest BCUT2D eigenvalue weighted by Gasteiger charge is -2.06. The molecule has 1 atom stereocenters. The van der Waals surface area contributed by atoms with Crippen LogP contribution in [0.5, 0.6) is 0 Å². The zero-order valence-corrected chi connectivity index (χ0v) is 10.1. The minimum Gasteiger partial charge on any atom is -0.465 e. The van der Waals surface area contributed by atoms with E-state index < -0.39 is 0 Å². The van der Waals surface area contributed by atoms with Crippen LogP contribution in [0.15, 0.2) is 16.5 Å². The van der Waals surface area contributed by atoms with Crippen molar-refractivity contribution in [3.05, 3.63) is 23.7 Å². The van der Waals surface area contributed by atoms with Gasteiger partial charge in [0.05, 0.1) is 11.8 Å². The lowest BCUT2D eigenvalue weighted by atomic mass is 10.3. The van der Waals surface area contributed by atoms with Gasteiger partial charge in [-0.25, -0.2) is 0 Å². The van der Waals surface area contributed by atoms with E-state index in [0.717, 1.165) is 30.1 Å². The van der Waals surface area contributed by atoms with Crippen LogP contribution in [0.2, 0.25) is 0 Å². The molecule has 0 saturated carbocycles. The van der Waals surface area contributed by atoms with E-state index in [1.54, 1.807) is 0 Å². The first kappa shape index (κ1) is 12.2. The van der Waals surface area contributed by atoms with Crippen LogP contribution in [0.1, 0.15) is 38.2 Å². The summed E-state index contributed by atoms with van der Waals surface area (Å²) in [7, 11) is 0. The first-order valence-corrected chi connectivity index (χ1v) is 6.37. The summed E-state index contributed by atoms with van der Waals surface area (Å²) in [6, 6.07) is 6.26. The van der Waals surface area contributed by atoms with Gasteiger partial charge in [0, 0.05) is 18.1 Å². The molecule has 0 spiro atoms. The van der Waals surface area contributed by atoms with Gasteiger partial charge in [0.1, 0.15) is 11.5 Å². The van der Waals surface area contributed by atoms with E-state index in [0.29, 0.717) is 11.7 Å². The highest BCUT2D eigenvalue weighted by Gasteiger charge is 2.05. The van der Waals surface area contributed by atoms with Crippen molar-refractivity contribution in [2.75, 3.05) is 0 Å². The summed E-state index contributed by atoms with van der Waals surface area (Å²) in [5.74, 6) is 3.00. The van der Waals surface area contributed by atoms with Gasteiger partial charge in [0.15, 0.2) is 0 Å². The van der Waals surface area contributed by atoms with Crippen molar-refractivity contribution in [1.29, 1.82) is 5.26 Å². The maximum Gasteiger partial charge on any atom is 0.114 e. The topological polar surface area (TPSA) is 36.9 Å². The largest absolute Gasteiger partial charge is 0.465 e. The van der Waals surface area contributed by atoms with Gasteiger partial charge >= 0.3 is 0 Å². The van der Waals surface area contributed by atoms with Gasteiger partial charge < -0.3 is 4.42 Å². The van der Waals surface area contributed by atoms with E-state index in [9.17, 15) is 0 Å². The first-order valence-electron chi connectivity index (χ1n) is 5.32. The molecule has 0 aromatic carbocycles. The number of hydrogen-bond donors (Lipinski definition) is 0. The van der Waals surface area contributed by atoms with Gasteiger partial charge in [0.2, 0.25) is 0 Å². The zero-order chi connectivity index (χ0) is 11.1. The standard InChI is InChI=1S/C12H17NOS/c1-3-11-6-7-12(14-11)9-15-10(2)5-4-8-13/h6-7,10H,3-5,9H2,1-2H3. The van der Waals surface area contributed by atoms with Gasteiger partial charge in [-0.05, 0) is 18.6 Å².